The quantitative estimate of drug-likeness (QED) is 0.343. The standard InChI is InChI=1S/C27H25N5O/c1-18-6-3-8-21(12-18)19(2)31-24-11-5-9-22(15-24)27(33)32-25-16-29-26(30-17-25)14-20-7-4-10-23(28)13-20/h3-13,15-17,31H,2,14,28H2,1H3,(H,32,33). The molecule has 1 amide bonds. The zero-order chi connectivity index (χ0) is 23.2. The van der Waals surface area contributed by atoms with Crippen LogP contribution in [-0.4, -0.2) is 15.9 Å². The maximum Gasteiger partial charge on any atom is 0.255 e. The van der Waals surface area contributed by atoms with Gasteiger partial charge in [-0.3, -0.25) is 4.79 Å². The molecule has 0 aliphatic heterocycles. The van der Waals surface area contributed by atoms with Crippen LogP contribution in [-0.2, 0) is 6.42 Å². The largest absolute Gasteiger partial charge is 0.399 e. The van der Waals surface area contributed by atoms with Crippen LogP contribution in [0.25, 0.3) is 5.70 Å². The Morgan fingerprint density at radius 3 is 2.36 bits per heavy atom. The van der Waals surface area contributed by atoms with Gasteiger partial charge in [-0.05, 0) is 54.4 Å². The van der Waals surface area contributed by atoms with Crippen molar-refractivity contribution >= 4 is 28.7 Å². The number of carbonyl (C=O) groups excluding carboxylic acids is 1. The van der Waals surface area contributed by atoms with Gasteiger partial charge >= 0.3 is 0 Å². The number of nitrogens with one attached hydrogen (secondary N) is 2. The van der Waals surface area contributed by atoms with Crippen LogP contribution in [0.2, 0.25) is 0 Å². The van der Waals surface area contributed by atoms with E-state index in [0.29, 0.717) is 29.2 Å². The molecule has 0 spiro atoms. The summed E-state index contributed by atoms with van der Waals surface area (Å²) in [5.74, 6) is 0.409. The molecule has 0 saturated heterocycles. The van der Waals surface area contributed by atoms with Crippen molar-refractivity contribution in [1.82, 2.24) is 9.97 Å². The fourth-order valence-electron chi connectivity index (χ4n) is 3.42. The predicted molar refractivity (Wildman–Crippen MR) is 134 cm³/mol. The van der Waals surface area contributed by atoms with Gasteiger partial charge in [-0.15, -0.1) is 0 Å². The summed E-state index contributed by atoms with van der Waals surface area (Å²) in [7, 11) is 0. The lowest BCUT2D eigenvalue weighted by atomic mass is 10.1. The fourth-order valence-corrected chi connectivity index (χ4v) is 3.42. The van der Waals surface area contributed by atoms with Crippen molar-refractivity contribution in [2.24, 2.45) is 0 Å². The molecule has 0 atom stereocenters. The number of nitrogen functional groups attached to an aromatic ring is 1. The third-order valence-corrected chi connectivity index (χ3v) is 5.06. The molecule has 0 aliphatic rings. The van der Waals surface area contributed by atoms with E-state index < -0.39 is 0 Å². The molecule has 1 aromatic heterocycles. The van der Waals surface area contributed by atoms with Crippen molar-refractivity contribution in [2.75, 3.05) is 16.4 Å². The van der Waals surface area contributed by atoms with Crippen molar-refractivity contribution in [3.05, 3.63) is 120 Å². The molecular weight excluding hydrogens is 410 g/mol. The number of rotatable bonds is 7. The van der Waals surface area contributed by atoms with Gasteiger partial charge < -0.3 is 16.4 Å². The van der Waals surface area contributed by atoms with Crippen molar-refractivity contribution in [3.63, 3.8) is 0 Å². The van der Waals surface area contributed by atoms with E-state index in [-0.39, 0.29) is 5.91 Å². The number of nitrogens with zero attached hydrogens (tertiary/aromatic N) is 2. The molecular formula is C27H25N5O. The summed E-state index contributed by atoms with van der Waals surface area (Å²) in [6.45, 7) is 6.15. The van der Waals surface area contributed by atoms with Crippen LogP contribution >= 0.6 is 0 Å². The summed E-state index contributed by atoms with van der Waals surface area (Å²) in [6.07, 6.45) is 3.78. The van der Waals surface area contributed by atoms with E-state index in [1.807, 2.05) is 61.5 Å². The van der Waals surface area contributed by atoms with Crippen molar-refractivity contribution in [2.45, 2.75) is 13.3 Å². The van der Waals surface area contributed by atoms with Crippen LogP contribution in [0.1, 0.15) is 32.9 Å². The number of benzene rings is 3. The molecule has 0 bridgehead atoms. The molecule has 33 heavy (non-hydrogen) atoms. The van der Waals surface area contributed by atoms with E-state index in [9.17, 15) is 4.79 Å². The summed E-state index contributed by atoms with van der Waals surface area (Å²) in [6, 6.07) is 23.0. The first-order valence-electron chi connectivity index (χ1n) is 10.6. The molecule has 0 saturated carbocycles. The van der Waals surface area contributed by atoms with Crippen molar-refractivity contribution in [3.8, 4) is 0 Å². The Bertz CT molecular complexity index is 1300. The van der Waals surface area contributed by atoms with Crippen LogP contribution in [0.4, 0.5) is 17.1 Å². The average Bonchev–Trinajstić information content (AvgIpc) is 2.80. The minimum Gasteiger partial charge on any atom is -0.399 e. The number of anilines is 3. The lowest BCUT2D eigenvalue weighted by Gasteiger charge is -2.12. The molecule has 0 unspecified atom stereocenters. The first kappa shape index (κ1) is 21.8. The first-order valence-corrected chi connectivity index (χ1v) is 10.6. The fraction of sp³-hybridized carbons (Fsp3) is 0.0741. The summed E-state index contributed by atoms with van der Waals surface area (Å²) >= 11 is 0. The lowest BCUT2D eigenvalue weighted by Crippen LogP contribution is -2.13. The molecule has 4 N–H and O–H groups in total. The number of carbonyl (C=O) groups is 1. The zero-order valence-corrected chi connectivity index (χ0v) is 18.4. The van der Waals surface area contributed by atoms with E-state index in [1.165, 1.54) is 0 Å². The molecule has 3 aromatic carbocycles. The summed E-state index contributed by atoms with van der Waals surface area (Å²) in [5.41, 5.74) is 12.3. The number of nitrogens with two attached hydrogens (primary N) is 1. The van der Waals surface area contributed by atoms with E-state index >= 15 is 0 Å². The first-order chi connectivity index (χ1) is 16.0. The molecule has 0 fully saturated rings. The summed E-state index contributed by atoms with van der Waals surface area (Å²) in [4.78, 5) is 21.5. The highest BCUT2D eigenvalue weighted by molar-refractivity contribution is 6.04. The van der Waals surface area contributed by atoms with Gasteiger partial charge in [0.15, 0.2) is 0 Å². The van der Waals surface area contributed by atoms with Gasteiger partial charge in [0.25, 0.3) is 5.91 Å². The Kier molecular flexibility index (Phi) is 6.45. The van der Waals surface area contributed by atoms with E-state index in [1.54, 1.807) is 24.5 Å². The Morgan fingerprint density at radius 1 is 0.879 bits per heavy atom. The second-order valence-corrected chi connectivity index (χ2v) is 7.82. The minimum absolute atomic E-state index is 0.244. The van der Waals surface area contributed by atoms with Gasteiger partial charge in [0.05, 0.1) is 18.1 Å². The highest BCUT2D eigenvalue weighted by Crippen LogP contribution is 2.20. The van der Waals surface area contributed by atoms with Crippen LogP contribution in [0.3, 0.4) is 0 Å². The highest BCUT2D eigenvalue weighted by Gasteiger charge is 2.09. The molecule has 6 heteroatoms. The van der Waals surface area contributed by atoms with Gasteiger partial charge in [0.2, 0.25) is 0 Å². The van der Waals surface area contributed by atoms with Crippen LogP contribution in [0.5, 0.6) is 0 Å². The second-order valence-electron chi connectivity index (χ2n) is 7.82. The molecule has 6 nitrogen and oxygen atoms in total. The smallest absolute Gasteiger partial charge is 0.255 e. The van der Waals surface area contributed by atoms with Gasteiger partial charge in [-0.1, -0.05) is 48.5 Å². The summed E-state index contributed by atoms with van der Waals surface area (Å²) < 4.78 is 0. The number of aromatic nitrogens is 2. The van der Waals surface area contributed by atoms with Gasteiger partial charge in [-0.25, -0.2) is 9.97 Å². The molecule has 4 aromatic rings. The summed E-state index contributed by atoms with van der Waals surface area (Å²) in [5, 5.41) is 6.11. The monoisotopic (exact) mass is 435 g/mol. The molecule has 0 aliphatic carbocycles. The predicted octanol–water partition coefficient (Wildman–Crippen LogP) is 5.29. The van der Waals surface area contributed by atoms with Gasteiger partial charge in [0.1, 0.15) is 5.82 Å². The zero-order valence-electron chi connectivity index (χ0n) is 18.4. The Balaban J connectivity index is 1.39. The second kappa shape index (κ2) is 9.78. The van der Waals surface area contributed by atoms with E-state index in [4.69, 9.17) is 5.73 Å². The van der Waals surface area contributed by atoms with Crippen LogP contribution in [0, 0.1) is 6.92 Å². The number of hydrogen-bond donors (Lipinski definition) is 3. The molecule has 164 valence electrons. The van der Waals surface area contributed by atoms with Crippen molar-refractivity contribution < 1.29 is 4.79 Å². The Morgan fingerprint density at radius 2 is 1.61 bits per heavy atom. The topological polar surface area (TPSA) is 92.9 Å². The average molecular weight is 436 g/mol. The minimum atomic E-state index is -0.244. The maximum absolute atomic E-state index is 12.7. The number of amides is 1. The van der Waals surface area contributed by atoms with E-state index in [2.05, 4.69) is 33.2 Å². The van der Waals surface area contributed by atoms with Crippen LogP contribution in [0.15, 0.2) is 91.8 Å². The number of hydrogen-bond acceptors (Lipinski definition) is 5. The lowest BCUT2D eigenvalue weighted by molar-refractivity contribution is 0.102. The van der Waals surface area contributed by atoms with Crippen LogP contribution < -0.4 is 16.4 Å². The molecule has 1 heterocycles. The highest BCUT2D eigenvalue weighted by atomic mass is 16.1. The third kappa shape index (κ3) is 5.83. The van der Waals surface area contributed by atoms with Gasteiger partial charge in [0, 0.05) is 29.1 Å². The van der Waals surface area contributed by atoms with E-state index in [0.717, 1.165) is 28.1 Å². The maximum atomic E-state index is 12.7. The molecule has 4 rings (SSSR count). The number of aryl methyl sites for hydroxylation is 1. The Hall–Kier alpha value is -4.45. The SMILES string of the molecule is C=C(Nc1cccc(C(=O)Nc2cnc(Cc3cccc(N)c3)nc2)c1)c1cccc(C)c1. The van der Waals surface area contributed by atoms with Gasteiger partial charge in [-0.2, -0.15) is 0 Å². The molecule has 0 radical (unpaired) electrons. The Labute approximate surface area is 193 Å². The normalized spacial score (nSPS) is 10.5. The third-order valence-electron chi connectivity index (χ3n) is 5.06. The van der Waals surface area contributed by atoms with Crippen molar-refractivity contribution in [1.29, 1.82) is 0 Å².